The molecular weight excluding hydrogens is 96.0 g/mol. The van der Waals surface area contributed by atoms with E-state index in [4.69, 9.17) is 5.73 Å². The van der Waals surface area contributed by atoms with Crippen molar-refractivity contribution in [2.75, 3.05) is 0 Å². The van der Waals surface area contributed by atoms with Gasteiger partial charge in [0, 0.05) is 0 Å². The number of primary amides is 1. The molecule has 1 amide bonds. The van der Waals surface area contributed by atoms with Crippen LogP contribution in [0, 0.1) is 0 Å². The first-order chi connectivity index (χ1) is 3.18. The van der Waals surface area contributed by atoms with Gasteiger partial charge in [-0.25, -0.2) is 0 Å². The fourth-order valence-corrected chi connectivity index (χ4v) is 0.0636. The molecule has 0 heterocycles. The number of hydrogen-bond donors (Lipinski definition) is 3. The van der Waals surface area contributed by atoms with Gasteiger partial charge in [-0.15, -0.1) is 0 Å². The van der Waals surface area contributed by atoms with Crippen molar-refractivity contribution >= 4 is 11.7 Å². The number of hydrazone groups is 1. The first-order valence-corrected chi connectivity index (χ1v) is 1.51. The van der Waals surface area contributed by atoms with E-state index in [0.717, 1.165) is 0 Å². The molecular formula is C2H6N4O. The molecule has 0 rings (SSSR count). The Hall–Kier alpha value is -1.26. The summed E-state index contributed by atoms with van der Waals surface area (Å²) in [7, 11) is 0. The summed E-state index contributed by atoms with van der Waals surface area (Å²) in [6.45, 7) is 0. The SMILES string of the molecule is NN=C(N)C(N)=O. The van der Waals surface area contributed by atoms with Gasteiger partial charge < -0.3 is 17.3 Å². The van der Waals surface area contributed by atoms with Gasteiger partial charge in [-0.05, 0) is 0 Å². The van der Waals surface area contributed by atoms with Crippen LogP contribution in [0.2, 0.25) is 0 Å². The van der Waals surface area contributed by atoms with Crippen molar-refractivity contribution < 1.29 is 4.79 Å². The number of carbonyl (C=O) groups is 1. The molecule has 0 radical (unpaired) electrons. The smallest absolute Gasteiger partial charge is 0.285 e. The average molecular weight is 102 g/mol. The summed E-state index contributed by atoms with van der Waals surface area (Å²) in [4.78, 5) is 9.82. The van der Waals surface area contributed by atoms with Gasteiger partial charge in [0.1, 0.15) is 0 Å². The molecule has 0 aromatic rings. The van der Waals surface area contributed by atoms with Crippen LogP contribution in [0.15, 0.2) is 5.10 Å². The number of rotatable bonds is 0. The van der Waals surface area contributed by atoms with E-state index in [0.29, 0.717) is 0 Å². The Morgan fingerprint density at radius 2 is 1.86 bits per heavy atom. The zero-order chi connectivity index (χ0) is 5.86. The quantitative estimate of drug-likeness (QED) is 0.138. The standard InChI is InChI=1S/C2H6N4O/c3-1(6-5)2(4)7/h5H2,(H2,3,6)(H2,4,7). The Bertz CT molecular complexity index is 106. The summed E-state index contributed by atoms with van der Waals surface area (Å²) >= 11 is 0. The van der Waals surface area contributed by atoms with E-state index < -0.39 is 5.91 Å². The summed E-state index contributed by atoms with van der Waals surface area (Å²) in [6, 6.07) is 0. The number of hydrogen-bond acceptors (Lipinski definition) is 3. The van der Waals surface area contributed by atoms with Crippen LogP contribution < -0.4 is 17.3 Å². The molecule has 0 atom stereocenters. The van der Waals surface area contributed by atoms with E-state index >= 15 is 0 Å². The molecule has 0 unspecified atom stereocenters. The minimum absolute atomic E-state index is 0.361. The summed E-state index contributed by atoms with van der Waals surface area (Å²) in [6.07, 6.45) is 0. The topological polar surface area (TPSA) is 107 Å². The summed E-state index contributed by atoms with van der Waals surface area (Å²) in [5.74, 6) is 3.37. The van der Waals surface area contributed by atoms with Crippen molar-refractivity contribution in [3.63, 3.8) is 0 Å². The monoisotopic (exact) mass is 102 g/mol. The Morgan fingerprint density at radius 1 is 1.43 bits per heavy atom. The number of nitrogens with zero attached hydrogens (tertiary/aromatic N) is 1. The van der Waals surface area contributed by atoms with E-state index in [9.17, 15) is 4.79 Å². The number of amidine groups is 1. The molecule has 0 aromatic carbocycles. The van der Waals surface area contributed by atoms with Gasteiger partial charge in [0.25, 0.3) is 5.91 Å². The molecule has 0 aromatic heterocycles. The highest BCUT2D eigenvalue weighted by atomic mass is 16.1. The first kappa shape index (κ1) is 5.74. The second kappa shape index (κ2) is 2.01. The van der Waals surface area contributed by atoms with Crippen LogP contribution in [-0.2, 0) is 4.79 Å². The molecule has 0 aliphatic carbocycles. The highest BCUT2D eigenvalue weighted by Gasteiger charge is 1.94. The minimum atomic E-state index is -0.803. The van der Waals surface area contributed by atoms with E-state index in [-0.39, 0.29) is 5.84 Å². The van der Waals surface area contributed by atoms with Gasteiger partial charge in [0.15, 0.2) is 0 Å². The van der Waals surface area contributed by atoms with Crippen LogP contribution in [0.1, 0.15) is 0 Å². The Morgan fingerprint density at radius 3 is 1.86 bits per heavy atom. The van der Waals surface area contributed by atoms with Crippen molar-refractivity contribution in [3.05, 3.63) is 0 Å². The van der Waals surface area contributed by atoms with Crippen LogP contribution in [0.25, 0.3) is 0 Å². The molecule has 0 saturated heterocycles. The second-order valence-corrected chi connectivity index (χ2v) is 0.879. The normalized spacial score (nSPS) is 11.1. The Labute approximate surface area is 40.2 Å². The molecule has 5 nitrogen and oxygen atoms in total. The molecule has 0 spiro atoms. The maximum Gasteiger partial charge on any atom is 0.285 e. The van der Waals surface area contributed by atoms with Crippen LogP contribution >= 0.6 is 0 Å². The molecule has 7 heavy (non-hydrogen) atoms. The lowest BCUT2D eigenvalue weighted by molar-refractivity contribution is -0.112. The maximum atomic E-state index is 9.82. The van der Waals surface area contributed by atoms with E-state index in [2.05, 4.69) is 16.7 Å². The molecule has 0 saturated carbocycles. The third kappa shape index (κ3) is 1.58. The highest BCUT2D eigenvalue weighted by Crippen LogP contribution is 1.53. The van der Waals surface area contributed by atoms with Crippen molar-refractivity contribution in [1.29, 1.82) is 0 Å². The van der Waals surface area contributed by atoms with Gasteiger partial charge in [0.05, 0.1) is 0 Å². The van der Waals surface area contributed by atoms with Crippen LogP contribution in [-0.4, -0.2) is 11.7 Å². The lowest BCUT2D eigenvalue weighted by atomic mass is 10.6. The van der Waals surface area contributed by atoms with Gasteiger partial charge >= 0.3 is 0 Å². The lowest BCUT2D eigenvalue weighted by Crippen LogP contribution is -2.31. The molecule has 0 bridgehead atoms. The summed E-state index contributed by atoms with van der Waals surface area (Å²) < 4.78 is 0. The first-order valence-electron chi connectivity index (χ1n) is 1.51. The van der Waals surface area contributed by atoms with Crippen molar-refractivity contribution in [2.45, 2.75) is 0 Å². The predicted octanol–water partition coefficient (Wildman–Crippen LogP) is -2.30. The summed E-state index contributed by atoms with van der Waals surface area (Å²) in [5, 5.41) is 2.81. The Kier molecular flexibility index (Phi) is 1.65. The van der Waals surface area contributed by atoms with Gasteiger partial charge in [0.2, 0.25) is 5.84 Å². The van der Waals surface area contributed by atoms with Crippen molar-refractivity contribution in [3.8, 4) is 0 Å². The van der Waals surface area contributed by atoms with Crippen LogP contribution in [0.3, 0.4) is 0 Å². The van der Waals surface area contributed by atoms with Gasteiger partial charge in [-0.3, -0.25) is 4.79 Å². The third-order valence-electron chi connectivity index (χ3n) is 0.392. The zero-order valence-electron chi connectivity index (χ0n) is 3.59. The van der Waals surface area contributed by atoms with Gasteiger partial charge in [-0.1, -0.05) is 0 Å². The number of carbonyl (C=O) groups excluding carboxylic acids is 1. The lowest BCUT2D eigenvalue weighted by Gasteiger charge is -1.84. The highest BCUT2D eigenvalue weighted by molar-refractivity contribution is 6.36. The third-order valence-corrected chi connectivity index (χ3v) is 0.392. The predicted molar refractivity (Wildman–Crippen MR) is 25.0 cm³/mol. The fourth-order valence-electron chi connectivity index (χ4n) is 0.0636. The largest absolute Gasteiger partial charge is 0.378 e. The van der Waals surface area contributed by atoms with Crippen LogP contribution in [0.5, 0.6) is 0 Å². The van der Waals surface area contributed by atoms with Crippen molar-refractivity contribution in [2.24, 2.45) is 22.4 Å². The molecule has 0 fully saturated rings. The molecule has 0 aliphatic rings. The average Bonchev–Trinajstić information content (AvgIpc) is 1.65. The zero-order valence-corrected chi connectivity index (χ0v) is 3.59. The van der Waals surface area contributed by atoms with Crippen molar-refractivity contribution in [1.82, 2.24) is 0 Å². The molecule has 40 valence electrons. The molecule has 6 N–H and O–H groups in total. The molecule has 0 aliphatic heterocycles. The number of amides is 1. The van der Waals surface area contributed by atoms with E-state index in [1.165, 1.54) is 0 Å². The van der Waals surface area contributed by atoms with Gasteiger partial charge in [-0.2, -0.15) is 5.10 Å². The van der Waals surface area contributed by atoms with E-state index in [1.807, 2.05) is 0 Å². The number of nitrogens with two attached hydrogens (primary N) is 3. The minimum Gasteiger partial charge on any atom is -0.378 e. The fraction of sp³-hybridized carbons (Fsp3) is 0. The molecule has 5 heteroatoms. The Balaban J connectivity index is 3.82. The van der Waals surface area contributed by atoms with Crippen LogP contribution in [0.4, 0.5) is 0 Å². The maximum absolute atomic E-state index is 9.82. The van der Waals surface area contributed by atoms with E-state index in [1.54, 1.807) is 0 Å². The summed E-state index contributed by atoms with van der Waals surface area (Å²) in [5.41, 5.74) is 9.34. The second-order valence-electron chi connectivity index (χ2n) is 0.879.